The molecule has 1 aliphatic rings. The molecule has 0 aliphatic carbocycles. The summed E-state index contributed by atoms with van der Waals surface area (Å²) in [5.74, 6) is 0. The van der Waals surface area contributed by atoms with E-state index in [1.807, 2.05) is 6.08 Å². The smallest absolute Gasteiger partial charge is 0.122 e. The first kappa shape index (κ1) is 13.5. The van der Waals surface area contributed by atoms with Crippen molar-refractivity contribution in [3.8, 4) is 0 Å². The highest BCUT2D eigenvalue weighted by atomic mass is 16.6. The molecule has 1 aliphatic heterocycles. The van der Waals surface area contributed by atoms with Crippen LogP contribution in [0.25, 0.3) is 0 Å². The fraction of sp³-hybridized carbons (Fsp3) is 0.733. The van der Waals surface area contributed by atoms with Gasteiger partial charge >= 0.3 is 0 Å². The summed E-state index contributed by atoms with van der Waals surface area (Å²) in [6, 6.07) is 0. The number of allylic oxidation sites excluding steroid dienone is 1. The third-order valence-electron chi connectivity index (χ3n) is 3.25. The van der Waals surface area contributed by atoms with Crippen LogP contribution in [0.1, 0.15) is 54.4 Å². The van der Waals surface area contributed by atoms with Crippen molar-refractivity contribution in [2.24, 2.45) is 5.41 Å². The molecular weight excluding hydrogens is 196 g/mol. The number of rotatable bonds is 4. The Balaban J connectivity index is 3.01. The van der Waals surface area contributed by atoms with Crippen LogP contribution in [0.3, 0.4) is 0 Å². The van der Waals surface area contributed by atoms with Gasteiger partial charge in [-0.05, 0) is 37.7 Å². The van der Waals surface area contributed by atoms with Gasteiger partial charge in [-0.1, -0.05) is 46.4 Å². The van der Waals surface area contributed by atoms with Crippen LogP contribution in [0.2, 0.25) is 0 Å². The van der Waals surface area contributed by atoms with Crippen LogP contribution in [-0.4, -0.2) is 11.2 Å². The molecule has 1 nitrogen and oxygen atoms in total. The summed E-state index contributed by atoms with van der Waals surface area (Å²) in [5, 5.41) is 0. The Morgan fingerprint density at radius 1 is 1.31 bits per heavy atom. The molecule has 0 saturated carbocycles. The molecule has 16 heavy (non-hydrogen) atoms. The molecule has 1 saturated heterocycles. The molecule has 1 heterocycles. The van der Waals surface area contributed by atoms with E-state index in [1.165, 1.54) is 5.57 Å². The maximum absolute atomic E-state index is 6.03. The Bertz CT molecular complexity index is 304. The average Bonchev–Trinajstić information content (AvgIpc) is 2.61. The fourth-order valence-corrected chi connectivity index (χ4v) is 2.55. The van der Waals surface area contributed by atoms with Crippen molar-refractivity contribution < 1.29 is 4.74 Å². The summed E-state index contributed by atoms with van der Waals surface area (Å²) in [5.41, 5.74) is 1.37. The molecule has 0 aromatic heterocycles. The normalized spacial score (nSPS) is 29.0. The van der Waals surface area contributed by atoms with Crippen LogP contribution in [0, 0.1) is 5.41 Å². The summed E-state index contributed by atoms with van der Waals surface area (Å²) >= 11 is 0. The van der Waals surface area contributed by atoms with Crippen molar-refractivity contribution >= 4 is 0 Å². The first-order valence-electron chi connectivity index (χ1n) is 6.22. The van der Waals surface area contributed by atoms with Gasteiger partial charge in [0.25, 0.3) is 0 Å². The molecule has 92 valence electrons. The molecule has 0 radical (unpaired) electrons. The van der Waals surface area contributed by atoms with Gasteiger partial charge in [0, 0.05) is 0 Å². The molecule has 0 aromatic rings. The quantitative estimate of drug-likeness (QED) is 0.504. The maximum atomic E-state index is 6.03. The molecule has 0 aromatic carbocycles. The second-order valence-corrected chi connectivity index (χ2v) is 6.45. The van der Waals surface area contributed by atoms with E-state index in [9.17, 15) is 0 Å². The summed E-state index contributed by atoms with van der Waals surface area (Å²) in [7, 11) is 0. The van der Waals surface area contributed by atoms with Gasteiger partial charge in [-0.15, -0.1) is 0 Å². The predicted molar refractivity (Wildman–Crippen MR) is 70.5 cm³/mol. The number of epoxide rings is 1. The van der Waals surface area contributed by atoms with Gasteiger partial charge in [-0.2, -0.15) is 0 Å². The Kier molecular flexibility index (Phi) is 3.40. The molecule has 1 atom stereocenters. The largest absolute Gasteiger partial charge is 0.358 e. The lowest BCUT2D eigenvalue weighted by Gasteiger charge is -2.26. The lowest BCUT2D eigenvalue weighted by molar-refractivity contribution is 0.236. The van der Waals surface area contributed by atoms with E-state index in [1.54, 1.807) is 0 Å². The van der Waals surface area contributed by atoms with Gasteiger partial charge in [0.2, 0.25) is 0 Å². The van der Waals surface area contributed by atoms with E-state index in [2.05, 4.69) is 54.2 Å². The van der Waals surface area contributed by atoms with Crippen molar-refractivity contribution in [2.75, 3.05) is 0 Å². The van der Waals surface area contributed by atoms with Crippen molar-refractivity contribution in [3.05, 3.63) is 24.3 Å². The molecule has 0 amide bonds. The van der Waals surface area contributed by atoms with E-state index < -0.39 is 0 Å². The highest BCUT2D eigenvalue weighted by molar-refractivity contribution is 5.39. The van der Waals surface area contributed by atoms with Gasteiger partial charge in [0.05, 0.1) is 5.60 Å². The molecule has 1 heteroatoms. The highest BCUT2D eigenvalue weighted by Gasteiger charge is 2.65. The Morgan fingerprint density at radius 2 is 1.81 bits per heavy atom. The maximum Gasteiger partial charge on any atom is 0.122 e. The topological polar surface area (TPSA) is 12.5 Å². The minimum Gasteiger partial charge on any atom is -0.358 e. The molecule has 1 fully saturated rings. The lowest BCUT2D eigenvalue weighted by atomic mass is 9.75. The van der Waals surface area contributed by atoms with E-state index in [-0.39, 0.29) is 16.6 Å². The summed E-state index contributed by atoms with van der Waals surface area (Å²) in [4.78, 5) is 0. The van der Waals surface area contributed by atoms with E-state index >= 15 is 0 Å². The van der Waals surface area contributed by atoms with Gasteiger partial charge < -0.3 is 4.74 Å². The molecule has 1 rings (SSSR count). The molecular formula is C15H26O. The third kappa shape index (κ3) is 2.40. The zero-order valence-corrected chi connectivity index (χ0v) is 11.7. The Labute approximate surface area is 101 Å². The third-order valence-corrected chi connectivity index (χ3v) is 3.25. The number of ether oxygens (including phenoxy) is 1. The molecule has 0 spiro atoms. The summed E-state index contributed by atoms with van der Waals surface area (Å²) in [6.07, 6.45) is 6.29. The standard InChI is InChI=1S/C15H26O/c1-8-10-12(9-2)15(11-13(3,4)5)14(6,7)16-15/h9-10H,2,8,11H2,1,3-7H3. The van der Waals surface area contributed by atoms with Gasteiger partial charge in [0.1, 0.15) is 5.60 Å². The van der Waals surface area contributed by atoms with Crippen LogP contribution in [0.5, 0.6) is 0 Å². The summed E-state index contributed by atoms with van der Waals surface area (Å²) < 4.78 is 6.03. The van der Waals surface area contributed by atoms with Crippen LogP contribution in [0.15, 0.2) is 24.3 Å². The van der Waals surface area contributed by atoms with Crippen molar-refractivity contribution in [1.82, 2.24) is 0 Å². The van der Waals surface area contributed by atoms with Gasteiger partial charge in [-0.3, -0.25) is 0 Å². The highest BCUT2D eigenvalue weighted by Crippen LogP contribution is 2.58. The number of hydrogen-bond acceptors (Lipinski definition) is 1. The molecule has 0 N–H and O–H groups in total. The minimum absolute atomic E-state index is 0.0462. The Morgan fingerprint density at radius 3 is 2.06 bits per heavy atom. The van der Waals surface area contributed by atoms with Crippen LogP contribution in [0.4, 0.5) is 0 Å². The van der Waals surface area contributed by atoms with E-state index in [4.69, 9.17) is 4.74 Å². The van der Waals surface area contributed by atoms with Gasteiger partial charge in [-0.25, -0.2) is 0 Å². The van der Waals surface area contributed by atoms with Crippen molar-refractivity contribution in [1.29, 1.82) is 0 Å². The zero-order valence-electron chi connectivity index (χ0n) is 11.7. The predicted octanol–water partition coefficient (Wildman–Crippen LogP) is 4.49. The SMILES string of the molecule is C=CC(=CCC)C1(CC(C)(C)C)OC1(C)C. The van der Waals surface area contributed by atoms with Gasteiger partial charge in [0.15, 0.2) is 0 Å². The first-order valence-corrected chi connectivity index (χ1v) is 6.22. The van der Waals surface area contributed by atoms with Crippen LogP contribution < -0.4 is 0 Å². The molecule has 1 unspecified atom stereocenters. The second-order valence-electron chi connectivity index (χ2n) is 6.45. The first-order chi connectivity index (χ1) is 7.18. The summed E-state index contributed by atoms with van der Waals surface area (Å²) in [6.45, 7) is 17.2. The minimum atomic E-state index is -0.108. The lowest BCUT2D eigenvalue weighted by Crippen LogP contribution is -2.28. The fourth-order valence-electron chi connectivity index (χ4n) is 2.55. The Hall–Kier alpha value is -0.560. The van der Waals surface area contributed by atoms with Crippen LogP contribution in [-0.2, 0) is 4.74 Å². The number of hydrogen-bond donors (Lipinski definition) is 0. The van der Waals surface area contributed by atoms with E-state index in [0.717, 1.165) is 12.8 Å². The zero-order chi connectivity index (χ0) is 12.6. The average molecular weight is 222 g/mol. The van der Waals surface area contributed by atoms with Crippen molar-refractivity contribution in [2.45, 2.75) is 65.6 Å². The van der Waals surface area contributed by atoms with Crippen LogP contribution >= 0.6 is 0 Å². The van der Waals surface area contributed by atoms with E-state index in [0.29, 0.717) is 0 Å². The monoisotopic (exact) mass is 222 g/mol. The second kappa shape index (κ2) is 4.03. The molecule has 0 bridgehead atoms. The van der Waals surface area contributed by atoms with Crippen molar-refractivity contribution in [3.63, 3.8) is 0 Å².